The quantitative estimate of drug-likeness (QED) is 0.383. The minimum atomic E-state index is 0.252. The normalized spacial score (nSPS) is 22.1. The van der Waals surface area contributed by atoms with E-state index in [0.29, 0.717) is 18.4 Å². The van der Waals surface area contributed by atoms with Crippen molar-refractivity contribution in [2.24, 2.45) is 11.8 Å². The van der Waals surface area contributed by atoms with Gasteiger partial charge in [-0.1, -0.05) is 86.5 Å². The van der Waals surface area contributed by atoms with Gasteiger partial charge < -0.3 is 9.84 Å². The summed E-state index contributed by atoms with van der Waals surface area (Å²) in [6, 6.07) is 19.1. The Morgan fingerprint density at radius 2 is 1.71 bits per heavy atom. The molecule has 0 amide bonds. The predicted molar refractivity (Wildman–Crippen MR) is 117 cm³/mol. The third-order valence-corrected chi connectivity index (χ3v) is 5.96. The molecule has 2 aromatic rings. The summed E-state index contributed by atoms with van der Waals surface area (Å²) >= 11 is 0. The van der Waals surface area contributed by atoms with Gasteiger partial charge in [0.25, 0.3) is 0 Å². The minimum absolute atomic E-state index is 0.252. The molecule has 1 saturated carbocycles. The highest BCUT2D eigenvalue weighted by atomic mass is 16.5. The van der Waals surface area contributed by atoms with Gasteiger partial charge in [-0.05, 0) is 54.2 Å². The first-order chi connectivity index (χ1) is 13.8. The van der Waals surface area contributed by atoms with Gasteiger partial charge >= 0.3 is 0 Å². The molecule has 0 heterocycles. The van der Waals surface area contributed by atoms with E-state index in [-0.39, 0.29) is 12.7 Å². The molecule has 1 aliphatic rings. The van der Waals surface area contributed by atoms with Crippen molar-refractivity contribution in [2.45, 2.75) is 58.2 Å². The molecule has 0 bridgehead atoms. The minimum Gasteiger partial charge on any atom is -0.396 e. The molecule has 0 radical (unpaired) electrons. The van der Waals surface area contributed by atoms with Gasteiger partial charge in [-0.3, -0.25) is 0 Å². The van der Waals surface area contributed by atoms with Gasteiger partial charge in [0.05, 0.1) is 12.7 Å². The lowest BCUT2D eigenvalue weighted by molar-refractivity contribution is 0.00479. The fourth-order valence-corrected chi connectivity index (χ4v) is 4.21. The highest BCUT2D eigenvalue weighted by molar-refractivity contribution is 5.63. The maximum absolute atomic E-state index is 9.74. The maximum atomic E-state index is 9.74. The topological polar surface area (TPSA) is 29.5 Å². The van der Waals surface area contributed by atoms with Crippen molar-refractivity contribution in [3.63, 3.8) is 0 Å². The van der Waals surface area contributed by atoms with E-state index < -0.39 is 0 Å². The van der Waals surface area contributed by atoms with E-state index in [1.165, 1.54) is 29.5 Å². The fraction of sp³-hybridized carbons (Fsp3) is 0.462. The molecule has 150 valence electrons. The Morgan fingerprint density at radius 1 is 0.964 bits per heavy atom. The van der Waals surface area contributed by atoms with Crippen LogP contribution in [0.25, 0.3) is 11.1 Å². The van der Waals surface area contributed by atoms with E-state index in [9.17, 15) is 5.11 Å². The van der Waals surface area contributed by atoms with Crippen molar-refractivity contribution in [2.75, 3.05) is 6.61 Å². The van der Waals surface area contributed by atoms with Crippen molar-refractivity contribution in [3.8, 4) is 11.1 Å². The molecular formula is C26H34O2. The molecule has 28 heavy (non-hydrogen) atoms. The molecule has 3 atom stereocenters. The number of aliphatic hydroxyl groups is 1. The second-order valence-corrected chi connectivity index (χ2v) is 7.95. The zero-order valence-electron chi connectivity index (χ0n) is 17.1. The van der Waals surface area contributed by atoms with E-state index in [0.717, 1.165) is 25.7 Å². The first kappa shape index (κ1) is 20.8. The Balaban J connectivity index is 1.54. The van der Waals surface area contributed by atoms with Crippen LogP contribution in [0.15, 0.2) is 66.7 Å². The second-order valence-electron chi connectivity index (χ2n) is 7.95. The molecule has 0 spiro atoms. The number of ether oxygens (including phenoxy) is 1. The summed E-state index contributed by atoms with van der Waals surface area (Å²) in [4.78, 5) is 0. The fourth-order valence-electron chi connectivity index (χ4n) is 4.21. The number of rotatable bonds is 10. The van der Waals surface area contributed by atoms with E-state index in [1.807, 2.05) is 6.07 Å². The van der Waals surface area contributed by atoms with Crippen molar-refractivity contribution >= 4 is 0 Å². The summed E-state index contributed by atoms with van der Waals surface area (Å²) in [6.45, 7) is 3.15. The lowest BCUT2D eigenvalue weighted by Crippen LogP contribution is -2.23. The summed E-state index contributed by atoms with van der Waals surface area (Å²) in [5, 5.41) is 9.74. The van der Waals surface area contributed by atoms with Gasteiger partial charge in [0.15, 0.2) is 0 Å². The predicted octanol–water partition coefficient (Wildman–Crippen LogP) is 6.39. The zero-order chi connectivity index (χ0) is 19.6. The zero-order valence-corrected chi connectivity index (χ0v) is 17.1. The third-order valence-electron chi connectivity index (χ3n) is 5.96. The molecule has 0 saturated heterocycles. The molecule has 0 aliphatic heterocycles. The molecular weight excluding hydrogens is 344 g/mol. The Hall–Kier alpha value is -1.90. The molecule has 3 rings (SSSR count). The van der Waals surface area contributed by atoms with E-state index in [1.54, 1.807) is 0 Å². The van der Waals surface area contributed by atoms with Crippen LogP contribution in [0.4, 0.5) is 0 Å². The smallest absolute Gasteiger partial charge is 0.0720 e. The van der Waals surface area contributed by atoms with Gasteiger partial charge in [-0.25, -0.2) is 0 Å². The lowest BCUT2D eigenvalue weighted by atomic mass is 9.91. The summed E-state index contributed by atoms with van der Waals surface area (Å²) in [6.07, 6.45) is 11.7. The summed E-state index contributed by atoms with van der Waals surface area (Å²) < 4.78 is 6.31. The number of hydrogen-bond donors (Lipinski definition) is 1. The molecule has 2 aromatic carbocycles. The number of benzene rings is 2. The standard InChI is InChI=1S/C26H34O2/c1-2-3-4-5-9-12-25-24(19-27)17-18-26(25)28-20-21-13-15-23(16-14-21)22-10-7-6-8-11-22/h5-11,13-16,24-27H,2-4,12,17-20H2,1H3/t24-,25-,26+/m1/s1. The maximum Gasteiger partial charge on any atom is 0.0720 e. The average molecular weight is 379 g/mol. The Kier molecular flexibility index (Phi) is 8.32. The Bertz CT molecular complexity index is 705. The Labute approximate surface area is 170 Å². The molecule has 0 aromatic heterocycles. The summed E-state index contributed by atoms with van der Waals surface area (Å²) in [5.74, 6) is 0.813. The number of unbranched alkanes of at least 4 members (excludes halogenated alkanes) is 2. The van der Waals surface area contributed by atoms with E-state index >= 15 is 0 Å². The van der Waals surface area contributed by atoms with Gasteiger partial charge in [-0.2, -0.15) is 0 Å². The van der Waals surface area contributed by atoms with Crippen LogP contribution in [0.5, 0.6) is 0 Å². The molecule has 0 unspecified atom stereocenters. The van der Waals surface area contributed by atoms with Crippen LogP contribution in [-0.2, 0) is 11.3 Å². The van der Waals surface area contributed by atoms with Crippen LogP contribution in [0.3, 0.4) is 0 Å². The highest BCUT2D eigenvalue weighted by Gasteiger charge is 2.35. The van der Waals surface area contributed by atoms with Gasteiger partial charge in [0, 0.05) is 6.61 Å². The average Bonchev–Trinajstić information content (AvgIpc) is 3.15. The van der Waals surface area contributed by atoms with Gasteiger partial charge in [0.1, 0.15) is 0 Å². The summed E-state index contributed by atoms with van der Waals surface area (Å²) in [7, 11) is 0. The molecule has 1 aliphatic carbocycles. The van der Waals surface area contributed by atoms with E-state index in [2.05, 4.69) is 67.6 Å². The van der Waals surface area contributed by atoms with Crippen molar-refractivity contribution in [3.05, 3.63) is 72.3 Å². The SMILES string of the molecule is CCCCC=CC[C@@H]1[C@@H](CO)CC[C@@H]1OCc1ccc(-c2ccccc2)cc1. The largest absolute Gasteiger partial charge is 0.396 e. The van der Waals surface area contributed by atoms with Crippen LogP contribution >= 0.6 is 0 Å². The van der Waals surface area contributed by atoms with Crippen LogP contribution in [-0.4, -0.2) is 17.8 Å². The molecule has 1 fully saturated rings. The second kappa shape index (κ2) is 11.2. The van der Waals surface area contributed by atoms with Crippen LogP contribution in [0.1, 0.15) is 51.0 Å². The van der Waals surface area contributed by atoms with Gasteiger partial charge in [-0.15, -0.1) is 0 Å². The van der Waals surface area contributed by atoms with Gasteiger partial charge in [0.2, 0.25) is 0 Å². The highest BCUT2D eigenvalue weighted by Crippen LogP contribution is 2.37. The monoisotopic (exact) mass is 378 g/mol. The van der Waals surface area contributed by atoms with Crippen LogP contribution in [0, 0.1) is 11.8 Å². The Morgan fingerprint density at radius 3 is 2.43 bits per heavy atom. The van der Waals surface area contributed by atoms with Crippen molar-refractivity contribution < 1.29 is 9.84 Å². The third kappa shape index (κ3) is 5.80. The summed E-state index contributed by atoms with van der Waals surface area (Å²) in [5.41, 5.74) is 3.69. The number of allylic oxidation sites excluding steroid dienone is 2. The van der Waals surface area contributed by atoms with E-state index in [4.69, 9.17) is 4.74 Å². The first-order valence-corrected chi connectivity index (χ1v) is 10.8. The lowest BCUT2D eigenvalue weighted by Gasteiger charge is -2.23. The van der Waals surface area contributed by atoms with Crippen molar-refractivity contribution in [1.82, 2.24) is 0 Å². The molecule has 1 N–H and O–H groups in total. The molecule has 2 nitrogen and oxygen atoms in total. The van der Waals surface area contributed by atoms with Crippen LogP contribution < -0.4 is 0 Å². The number of aliphatic hydroxyl groups excluding tert-OH is 1. The van der Waals surface area contributed by atoms with Crippen LogP contribution in [0.2, 0.25) is 0 Å². The molecule has 2 heteroatoms. The van der Waals surface area contributed by atoms with Crippen molar-refractivity contribution in [1.29, 1.82) is 0 Å². The first-order valence-electron chi connectivity index (χ1n) is 10.8. The number of hydrogen-bond acceptors (Lipinski definition) is 2.